The van der Waals surface area contributed by atoms with Gasteiger partial charge in [0, 0.05) is 43.7 Å². The van der Waals surface area contributed by atoms with Crippen LogP contribution in [0.3, 0.4) is 0 Å². The molecule has 0 aliphatic carbocycles. The van der Waals surface area contributed by atoms with Crippen LogP contribution in [0.2, 0.25) is 0 Å². The first-order valence-corrected chi connectivity index (χ1v) is 10.7. The first kappa shape index (κ1) is 20.3. The number of carbonyl (C=O) groups is 2. The van der Waals surface area contributed by atoms with Crippen LogP contribution in [0.1, 0.15) is 42.1 Å². The summed E-state index contributed by atoms with van der Waals surface area (Å²) in [6, 6.07) is 3.97. The van der Waals surface area contributed by atoms with Crippen LogP contribution >= 0.6 is 11.3 Å². The van der Waals surface area contributed by atoms with E-state index >= 15 is 0 Å². The molecule has 3 rings (SSSR count). The zero-order valence-corrected chi connectivity index (χ0v) is 17.3. The van der Waals surface area contributed by atoms with Gasteiger partial charge >= 0.3 is 0 Å². The van der Waals surface area contributed by atoms with Gasteiger partial charge < -0.3 is 9.80 Å². The maximum atomic E-state index is 12.5. The number of likely N-dealkylation sites (tertiary alicyclic amines) is 1. The number of rotatable bonds is 7. The lowest BCUT2D eigenvalue weighted by atomic mass is 9.98. The predicted octanol–water partition coefficient (Wildman–Crippen LogP) is 2.77. The van der Waals surface area contributed by atoms with E-state index in [1.54, 1.807) is 33.2 Å². The highest BCUT2D eigenvalue weighted by Crippen LogP contribution is 2.19. The largest absolute Gasteiger partial charge is 0.339 e. The van der Waals surface area contributed by atoms with E-state index in [1.165, 1.54) is 0 Å². The third kappa shape index (κ3) is 5.07. The second kappa shape index (κ2) is 9.64. The fourth-order valence-electron chi connectivity index (χ4n) is 3.48. The van der Waals surface area contributed by atoms with Crippen molar-refractivity contribution in [3.63, 3.8) is 0 Å². The normalized spacial score (nSPS) is 17.2. The van der Waals surface area contributed by atoms with Crippen molar-refractivity contribution in [2.45, 2.75) is 33.2 Å². The summed E-state index contributed by atoms with van der Waals surface area (Å²) >= 11 is 1.62. The summed E-state index contributed by atoms with van der Waals surface area (Å²) in [6.07, 6.45) is 7.27. The van der Waals surface area contributed by atoms with Crippen LogP contribution < -0.4 is 0 Å². The van der Waals surface area contributed by atoms with Crippen LogP contribution in [0.4, 0.5) is 0 Å². The average molecular weight is 402 g/mol. The molecule has 0 radical (unpaired) electrons. The van der Waals surface area contributed by atoms with Gasteiger partial charge in [-0.05, 0) is 50.1 Å². The van der Waals surface area contributed by atoms with E-state index < -0.39 is 0 Å². The summed E-state index contributed by atoms with van der Waals surface area (Å²) in [5.74, 6) is 0.274. The van der Waals surface area contributed by atoms with Gasteiger partial charge in [-0.1, -0.05) is 11.3 Å². The monoisotopic (exact) mass is 401 g/mol. The molecule has 0 unspecified atom stereocenters. The number of nitrogens with zero attached hydrogens (tertiary/aromatic N) is 5. The highest BCUT2D eigenvalue weighted by Gasteiger charge is 2.24. The van der Waals surface area contributed by atoms with Gasteiger partial charge in [0.15, 0.2) is 5.69 Å². The molecular weight excluding hydrogens is 374 g/mol. The summed E-state index contributed by atoms with van der Waals surface area (Å²) in [5, 5.41) is 10.2. The van der Waals surface area contributed by atoms with Crippen LogP contribution in [0.25, 0.3) is 6.08 Å². The number of hydrogen-bond donors (Lipinski definition) is 0. The van der Waals surface area contributed by atoms with Crippen molar-refractivity contribution < 1.29 is 9.59 Å². The molecule has 0 N–H and O–H groups in total. The quantitative estimate of drug-likeness (QED) is 0.669. The SMILES string of the molecule is CCN(CC)C(=O)c1cn(C[C@H]2CCCN(C(=O)/C=C/c3cccs3)C2)nn1. The van der Waals surface area contributed by atoms with Gasteiger partial charge in [-0.15, -0.1) is 16.4 Å². The molecule has 1 saturated heterocycles. The average Bonchev–Trinajstić information content (AvgIpc) is 3.39. The van der Waals surface area contributed by atoms with Gasteiger partial charge in [0.2, 0.25) is 5.91 Å². The first-order valence-electron chi connectivity index (χ1n) is 9.80. The summed E-state index contributed by atoms with van der Waals surface area (Å²) in [4.78, 5) is 29.6. The third-order valence-electron chi connectivity index (χ3n) is 5.02. The first-order chi connectivity index (χ1) is 13.6. The molecule has 0 aromatic carbocycles. The second-order valence-electron chi connectivity index (χ2n) is 6.94. The fraction of sp³-hybridized carbons (Fsp3) is 0.500. The molecule has 1 atom stereocenters. The van der Waals surface area contributed by atoms with Crippen molar-refractivity contribution in [2.75, 3.05) is 26.2 Å². The van der Waals surface area contributed by atoms with Crippen molar-refractivity contribution in [3.8, 4) is 0 Å². The zero-order valence-electron chi connectivity index (χ0n) is 16.5. The highest BCUT2D eigenvalue weighted by atomic mass is 32.1. The molecule has 2 aromatic heterocycles. The van der Waals surface area contributed by atoms with Crippen molar-refractivity contribution in [1.29, 1.82) is 0 Å². The Labute approximate surface area is 169 Å². The van der Waals surface area contributed by atoms with Gasteiger partial charge in [-0.25, -0.2) is 0 Å². The van der Waals surface area contributed by atoms with Crippen LogP contribution in [-0.2, 0) is 11.3 Å². The minimum Gasteiger partial charge on any atom is -0.339 e. The van der Waals surface area contributed by atoms with Crippen molar-refractivity contribution in [1.82, 2.24) is 24.8 Å². The molecular formula is C20H27N5O2S. The number of carbonyl (C=O) groups excluding carboxylic acids is 2. The molecule has 2 aromatic rings. The Kier molecular flexibility index (Phi) is 6.97. The Hall–Kier alpha value is -2.48. The van der Waals surface area contributed by atoms with E-state index in [9.17, 15) is 9.59 Å². The lowest BCUT2D eigenvalue weighted by molar-refractivity contribution is -0.127. The lowest BCUT2D eigenvalue weighted by Gasteiger charge is -2.32. The van der Waals surface area contributed by atoms with Gasteiger partial charge in [0.25, 0.3) is 5.91 Å². The maximum Gasteiger partial charge on any atom is 0.276 e. The van der Waals surface area contributed by atoms with Crippen LogP contribution in [-0.4, -0.2) is 62.8 Å². The summed E-state index contributed by atoms with van der Waals surface area (Å²) in [6.45, 7) is 7.36. The number of hydrogen-bond acceptors (Lipinski definition) is 5. The molecule has 0 bridgehead atoms. The van der Waals surface area contributed by atoms with E-state index in [4.69, 9.17) is 0 Å². The minimum atomic E-state index is -0.0876. The molecule has 1 aliphatic rings. The van der Waals surface area contributed by atoms with Crippen molar-refractivity contribution in [3.05, 3.63) is 40.4 Å². The predicted molar refractivity (Wildman–Crippen MR) is 110 cm³/mol. The highest BCUT2D eigenvalue weighted by molar-refractivity contribution is 7.10. The summed E-state index contributed by atoms with van der Waals surface area (Å²) in [5.41, 5.74) is 0.381. The summed E-state index contributed by atoms with van der Waals surface area (Å²) < 4.78 is 1.73. The Morgan fingerprint density at radius 2 is 2.18 bits per heavy atom. The maximum absolute atomic E-state index is 12.5. The molecule has 2 amide bonds. The molecule has 7 nitrogen and oxygen atoms in total. The molecule has 0 spiro atoms. The van der Waals surface area contributed by atoms with E-state index in [-0.39, 0.29) is 11.8 Å². The van der Waals surface area contributed by atoms with Gasteiger partial charge in [0.05, 0.1) is 6.20 Å². The Morgan fingerprint density at radius 1 is 1.36 bits per heavy atom. The van der Waals surface area contributed by atoms with E-state index in [2.05, 4.69) is 10.3 Å². The second-order valence-corrected chi connectivity index (χ2v) is 7.92. The van der Waals surface area contributed by atoms with Crippen LogP contribution in [0, 0.1) is 5.92 Å². The molecule has 28 heavy (non-hydrogen) atoms. The number of aromatic nitrogens is 3. The number of amides is 2. The molecule has 1 fully saturated rings. The van der Waals surface area contributed by atoms with E-state index in [0.717, 1.165) is 24.3 Å². The Bertz CT molecular complexity index is 810. The molecule has 3 heterocycles. The lowest BCUT2D eigenvalue weighted by Crippen LogP contribution is -2.40. The van der Waals surface area contributed by atoms with Gasteiger partial charge in [0.1, 0.15) is 0 Å². The third-order valence-corrected chi connectivity index (χ3v) is 5.86. The summed E-state index contributed by atoms with van der Waals surface area (Å²) in [7, 11) is 0. The fourth-order valence-corrected chi connectivity index (χ4v) is 4.10. The minimum absolute atomic E-state index is 0.0501. The van der Waals surface area contributed by atoms with E-state index in [1.807, 2.05) is 42.3 Å². The topological polar surface area (TPSA) is 71.3 Å². The smallest absolute Gasteiger partial charge is 0.276 e. The number of thiophene rings is 1. The molecule has 8 heteroatoms. The number of piperidine rings is 1. The zero-order chi connectivity index (χ0) is 19.9. The molecule has 150 valence electrons. The molecule has 1 aliphatic heterocycles. The van der Waals surface area contributed by atoms with Gasteiger partial charge in [-0.2, -0.15) is 0 Å². The van der Waals surface area contributed by atoms with Crippen molar-refractivity contribution in [2.24, 2.45) is 5.92 Å². The standard InChI is InChI=1S/C20H27N5O2S/c1-3-23(4-2)20(27)18-15-25(22-21-18)14-16-7-5-11-24(13-16)19(26)10-9-17-8-6-12-28-17/h6,8-10,12,15-16H,3-5,7,11,13-14H2,1-2H3/b10-9+/t16-/m0/s1. The molecule has 0 saturated carbocycles. The van der Waals surface area contributed by atoms with Crippen LogP contribution in [0.5, 0.6) is 0 Å². The Balaban J connectivity index is 1.56. The van der Waals surface area contributed by atoms with Crippen molar-refractivity contribution >= 4 is 29.2 Å². The Morgan fingerprint density at radius 3 is 2.89 bits per heavy atom. The van der Waals surface area contributed by atoms with E-state index in [0.29, 0.717) is 37.8 Å². The van der Waals surface area contributed by atoms with Crippen LogP contribution in [0.15, 0.2) is 29.8 Å². The van der Waals surface area contributed by atoms with Gasteiger partial charge in [-0.3, -0.25) is 14.3 Å².